The van der Waals surface area contributed by atoms with Crippen molar-refractivity contribution >= 4 is 23.1 Å². The number of likely N-dealkylation sites (N-methyl/N-ethyl adjacent to an activating group) is 1. The van der Waals surface area contributed by atoms with Gasteiger partial charge in [-0.3, -0.25) is 9.78 Å². The van der Waals surface area contributed by atoms with E-state index in [1.807, 2.05) is 56.3 Å². The smallest absolute Gasteiger partial charge is 0.224 e. The molecule has 0 fully saturated rings. The van der Waals surface area contributed by atoms with Gasteiger partial charge < -0.3 is 24.4 Å². The Kier molecular flexibility index (Phi) is 8.99. The quantitative estimate of drug-likeness (QED) is 0.366. The molecule has 8 heteroatoms. The van der Waals surface area contributed by atoms with E-state index < -0.39 is 0 Å². The minimum absolute atomic E-state index is 0.130. The van der Waals surface area contributed by atoms with Crippen molar-refractivity contribution in [2.75, 3.05) is 41.5 Å². The summed E-state index contributed by atoms with van der Waals surface area (Å²) in [7, 11) is 7.14. The first kappa shape index (κ1) is 27.9. The number of carbonyl (C=O) groups excluding carboxylic acids is 1. The summed E-state index contributed by atoms with van der Waals surface area (Å²) >= 11 is 0. The van der Waals surface area contributed by atoms with Crippen LogP contribution in [0.25, 0.3) is 17.2 Å². The number of nitrogens with one attached hydrogen (secondary N) is 1. The number of hydrogen-bond acceptors (Lipinski definition) is 6. The van der Waals surface area contributed by atoms with Crippen LogP contribution in [0, 0.1) is 5.82 Å². The van der Waals surface area contributed by atoms with E-state index in [-0.39, 0.29) is 18.1 Å². The molecular formula is C31H34FN3O4. The van der Waals surface area contributed by atoms with E-state index in [9.17, 15) is 9.18 Å². The molecule has 7 nitrogen and oxygen atoms in total. The number of amides is 1. The zero-order valence-corrected chi connectivity index (χ0v) is 23.0. The van der Waals surface area contributed by atoms with Crippen LogP contribution in [0.4, 0.5) is 4.39 Å². The fourth-order valence-electron chi connectivity index (χ4n) is 4.53. The zero-order valence-electron chi connectivity index (χ0n) is 23.0. The number of aromatic nitrogens is 1. The number of allylic oxidation sites excluding steroid dienone is 2. The molecule has 1 amide bonds. The lowest BCUT2D eigenvalue weighted by atomic mass is 10.00. The molecule has 0 bridgehead atoms. The van der Waals surface area contributed by atoms with E-state index in [2.05, 4.69) is 10.3 Å². The van der Waals surface area contributed by atoms with Gasteiger partial charge in [0.2, 0.25) is 11.7 Å². The van der Waals surface area contributed by atoms with E-state index in [1.165, 1.54) is 12.1 Å². The molecule has 3 aromatic rings. The molecule has 39 heavy (non-hydrogen) atoms. The molecule has 1 N–H and O–H groups in total. The van der Waals surface area contributed by atoms with Crippen molar-refractivity contribution in [3.8, 4) is 17.2 Å². The summed E-state index contributed by atoms with van der Waals surface area (Å²) in [5, 5.41) is 2.94. The Balaban J connectivity index is 1.65. The Hall–Kier alpha value is -4.17. The van der Waals surface area contributed by atoms with Gasteiger partial charge in [0.25, 0.3) is 0 Å². The maximum absolute atomic E-state index is 14.3. The predicted molar refractivity (Wildman–Crippen MR) is 151 cm³/mol. The van der Waals surface area contributed by atoms with Gasteiger partial charge in [0, 0.05) is 25.5 Å². The van der Waals surface area contributed by atoms with E-state index >= 15 is 0 Å². The Morgan fingerprint density at radius 2 is 1.82 bits per heavy atom. The number of pyridine rings is 1. The van der Waals surface area contributed by atoms with E-state index in [0.29, 0.717) is 30.4 Å². The van der Waals surface area contributed by atoms with Crippen molar-refractivity contribution in [1.29, 1.82) is 0 Å². The summed E-state index contributed by atoms with van der Waals surface area (Å²) in [6.07, 6.45) is 5.54. The Labute approximate surface area is 228 Å². The number of nitrogens with zero attached hydrogens (tertiary/aromatic N) is 2. The minimum atomic E-state index is -0.348. The molecule has 1 aliphatic carbocycles. The van der Waals surface area contributed by atoms with Gasteiger partial charge in [0.15, 0.2) is 11.5 Å². The van der Waals surface area contributed by atoms with E-state index in [1.54, 1.807) is 32.7 Å². The molecular weight excluding hydrogens is 497 g/mol. The second-order valence-electron chi connectivity index (χ2n) is 9.57. The van der Waals surface area contributed by atoms with Crippen LogP contribution in [-0.2, 0) is 11.3 Å². The van der Waals surface area contributed by atoms with Crippen molar-refractivity contribution < 1.29 is 23.4 Å². The lowest BCUT2D eigenvalue weighted by Gasteiger charge is -2.17. The maximum atomic E-state index is 14.3. The maximum Gasteiger partial charge on any atom is 0.224 e. The number of benzene rings is 2. The molecule has 1 aromatic heterocycles. The van der Waals surface area contributed by atoms with E-state index in [0.717, 1.165) is 45.5 Å². The van der Waals surface area contributed by atoms with Crippen LogP contribution in [-0.4, -0.2) is 57.3 Å². The molecule has 0 radical (unpaired) electrons. The normalized spacial score (nSPS) is 13.6. The summed E-state index contributed by atoms with van der Waals surface area (Å²) in [5.41, 5.74) is 5.94. The summed E-state index contributed by atoms with van der Waals surface area (Å²) in [4.78, 5) is 19.0. The largest absolute Gasteiger partial charge is 0.493 e. The lowest BCUT2D eigenvalue weighted by Crippen LogP contribution is -2.22. The second kappa shape index (κ2) is 12.6. The molecule has 0 atom stereocenters. The average Bonchev–Trinajstić information content (AvgIpc) is 3.17. The SMILES string of the molecule is COc1cc(/C=C2/C(C)=C(CC(=O)NCc3cccnc3)c3cc(F)ccc32)cc(OC)c1OCCN(C)C. The highest BCUT2D eigenvalue weighted by Gasteiger charge is 2.26. The standard InChI is InChI=1S/C31H34FN3O4/c1-20-25(13-22-14-28(37-4)31(29(15-22)38-5)39-12-11-35(2)3)24-9-8-23(32)16-27(24)26(20)17-30(36)34-19-21-7-6-10-33-18-21/h6-10,13-16,18H,11-12,17,19H2,1-5H3,(H,34,36)/b25-13-. The van der Waals surface area contributed by atoms with Gasteiger partial charge in [-0.2, -0.15) is 0 Å². The van der Waals surface area contributed by atoms with E-state index in [4.69, 9.17) is 14.2 Å². The molecule has 0 spiro atoms. The number of fused-ring (bicyclic) bond motifs is 1. The monoisotopic (exact) mass is 531 g/mol. The first-order chi connectivity index (χ1) is 18.8. The van der Waals surface area contributed by atoms with Crippen molar-refractivity contribution in [2.24, 2.45) is 0 Å². The molecule has 1 heterocycles. The highest BCUT2D eigenvalue weighted by Crippen LogP contribution is 2.45. The zero-order chi connectivity index (χ0) is 27.9. The summed E-state index contributed by atoms with van der Waals surface area (Å²) in [6, 6.07) is 12.2. The Morgan fingerprint density at radius 1 is 1.08 bits per heavy atom. The van der Waals surface area contributed by atoms with Gasteiger partial charge in [0.1, 0.15) is 12.4 Å². The van der Waals surface area contributed by atoms with Crippen LogP contribution in [0.2, 0.25) is 0 Å². The number of ether oxygens (including phenoxy) is 3. The summed E-state index contributed by atoms with van der Waals surface area (Å²) < 4.78 is 31.6. The molecule has 4 rings (SSSR count). The molecule has 1 aliphatic rings. The van der Waals surface area contributed by atoms with Crippen LogP contribution >= 0.6 is 0 Å². The van der Waals surface area contributed by atoms with Crippen LogP contribution in [0.3, 0.4) is 0 Å². The third-order valence-electron chi connectivity index (χ3n) is 6.58. The number of halogens is 1. The highest BCUT2D eigenvalue weighted by atomic mass is 19.1. The van der Waals surface area contributed by atoms with Crippen LogP contribution in [0.1, 0.15) is 35.6 Å². The van der Waals surface area contributed by atoms with Gasteiger partial charge in [-0.05, 0) is 96.4 Å². The third-order valence-corrected chi connectivity index (χ3v) is 6.58. The molecule has 204 valence electrons. The van der Waals surface area contributed by atoms with Gasteiger partial charge in [0.05, 0.1) is 20.6 Å². The molecule has 0 saturated heterocycles. The molecule has 0 aliphatic heterocycles. The van der Waals surface area contributed by atoms with Gasteiger partial charge in [-0.25, -0.2) is 4.39 Å². The average molecular weight is 532 g/mol. The predicted octanol–water partition coefficient (Wildman–Crippen LogP) is 5.21. The molecule has 0 unspecified atom stereocenters. The lowest BCUT2D eigenvalue weighted by molar-refractivity contribution is -0.120. The Morgan fingerprint density at radius 3 is 2.46 bits per heavy atom. The molecule has 0 saturated carbocycles. The fraction of sp³-hybridized carbons (Fsp3) is 0.290. The van der Waals surface area contributed by atoms with Gasteiger partial charge >= 0.3 is 0 Å². The number of hydrogen-bond donors (Lipinski definition) is 1. The van der Waals surface area contributed by atoms with Gasteiger partial charge in [-0.1, -0.05) is 12.1 Å². The second-order valence-corrected chi connectivity index (χ2v) is 9.57. The van der Waals surface area contributed by atoms with Crippen molar-refractivity contribution in [2.45, 2.75) is 19.9 Å². The van der Waals surface area contributed by atoms with Crippen molar-refractivity contribution in [3.63, 3.8) is 0 Å². The number of methoxy groups -OCH3 is 2. The number of carbonyl (C=O) groups is 1. The van der Waals surface area contributed by atoms with Crippen LogP contribution in [0.5, 0.6) is 17.2 Å². The van der Waals surface area contributed by atoms with Crippen molar-refractivity contribution in [1.82, 2.24) is 15.2 Å². The topological polar surface area (TPSA) is 72.9 Å². The van der Waals surface area contributed by atoms with Crippen LogP contribution < -0.4 is 19.5 Å². The van der Waals surface area contributed by atoms with Crippen molar-refractivity contribution in [3.05, 3.63) is 88.5 Å². The van der Waals surface area contributed by atoms with Gasteiger partial charge in [-0.15, -0.1) is 0 Å². The summed E-state index contributed by atoms with van der Waals surface area (Å²) in [5.74, 6) is 1.14. The minimum Gasteiger partial charge on any atom is -0.493 e. The van der Waals surface area contributed by atoms with Crippen LogP contribution in [0.15, 0.2) is 60.4 Å². The first-order valence-corrected chi connectivity index (χ1v) is 12.7. The first-order valence-electron chi connectivity index (χ1n) is 12.7. The third kappa shape index (κ3) is 6.64. The summed E-state index contributed by atoms with van der Waals surface area (Å²) in [6.45, 7) is 3.56. The molecule has 2 aromatic carbocycles. The number of rotatable bonds is 11. The fourth-order valence-corrected chi connectivity index (χ4v) is 4.53. The highest BCUT2D eigenvalue weighted by molar-refractivity contribution is 6.08. The Bertz CT molecular complexity index is 1380.